The van der Waals surface area contributed by atoms with E-state index in [4.69, 9.17) is 5.11 Å². The number of rotatable bonds is 2. The zero-order chi connectivity index (χ0) is 8.60. The molecule has 1 aromatic rings. The first-order valence-corrected chi connectivity index (χ1v) is 4.17. The molecule has 1 aromatic heterocycles. The molecule has 0 amide bonds. The lowest BCUT2D eigenvalue weighted by Crippen LogP contribution is -2.15. The van der Waals surface area contributed by atoms with Crippen molar-refractivity contribution in [3.8, 4) is 0 Å². The van der Waals surface area contributed by atoms with Crippen LogP contribution >= 0.6 is 0 Å². The lowest BCUT2D eigenvalue weighted by Gasteiger charge is -2.08. The Morgan fingerprint density at radius 1 is 1.42 bits per heavy atom. The summed E-state index contributed by atoms with van der Waals surface area (Å²) >= 11 is 0. The van der Waals surface area contributed by atoms with Crippen molar-refractivity contribution in [2.75, 3.05) is 6.61 Å². The highest BCUT2D eigenvalue weighted by Crippen LogP contribution is 2.45. The zero-order valence-electron chi connectivity index (χ0n) is 7.12. The molecular weight excluding hydrogens is 152 g/mol. The second-order valence-corrected chi connectivity index (χ2v) is 3.52. The largest absolute Gasteiger partial charge is 0.395 e. The molecule has 3 heteroatoms. The number of aryl methyl sites for hydroxylation is 1. The summed E-state index contributed by atoms with van der Waals surface area (Å²) in [4.78, 5) is 8.42. The summed E-state index contributed by atoms with van der Waals surface area (Å²) < 4.78 is 0. The van der Waals surface area contributed by atoms with Gasteiger partial charge in [0.05, 0.1) is 12.0 Å². The van der Waals surface area contributed by atoms with Crippen LogP contribution in [0.3, 0.4) is 0 Å². The highest BCUT2D eigenvalue weighted by atomic mass is 16.3. The van der Waals surface area contributed by atoms with Crippen LogP contribution in [-0.2, 0) is 5.41 Å². The molecule has 1 N–H and O–H groups in total. The summed E-state index contributed by atoms with van der Waals surface area (Å²) in [5.41, 5.74) is 0.973. The quantitative estimate of drug-likeness (QED) is 0.703. The molecule has 0 radical (unpaired) electrons. The molecule has 1 aliphatic rings. The maximum absolute atomic E-state index is 9.10. The van der Waals surface area contributed by atoms with E-state index < -0.39 is 0 Å². The van der Waals surface area contributed by atoms with E-state index in [1.807, 2.05) is 6.92 Å². The van der Waals surface area contributed by atoms with Gasteiger partial charge >= 0.3 is 0 Å². The molecule has 64 valence electrons. The van der Waals surface area contributed by atoms with Crippen LogP contribution < -0.4 is 0 Å². The molecular formula is C9H12N2O. The smallest absolute Gasteiger partial charge is 0.136 e. The molecule has 12 heavy (non-hydrogen) atoms. The van der Waals surface area contributed by atoms with Gasteiger partial charge in [0, 0.05) is 12.4 Å². The van der Waals surface area contributed by atoms with Crippen molar-refractivity contribution >= 4 is 0 Å². The summed E-state index contributed by atoms with van der Waals surface area (Å²) in [7, 11) is 0. The van der Waals surface area contributed by atoms with Gasteiger partial charge in [0.2, 0.25) is 0 Å². The predicted octanol–water partition coefficient (Wildman–Crippen LogP) is 0.809. The lowest BCUT2D eigenvalue weighted by atomic mass is 10.1. The van der Waals surface area contributed by atoms with Crippen molar-refractivity contribution in [1.82, 2.24) is 9.97 Å². The van der Waals surface area contributed by atoms with Crippen LogP contribution in [-0.4, -0.2) is 21.7 Å². The second kappa shape index (κ2) is 2.52. The van der Waals surface area contributed by atoms with Gasteiger partial charge < -0.3 is 5.11 Å². The molecule has 0 aromatic carbocycles. The molecule has 0 aliphatic heterocycles. The number of aromatic nitrogens is 2. The van der Waals surface area contributed by atoms with E-state index >= 15 is 0 Å². The Morgan fingerprint density at radius 2 is 2.00 bits per heavy atom. The SMILES string of the molecule is Cc1cnc(C2(CO)CC2)nc1. The molecule has 1 aliphatic carbocycles. The van der Waals surface area contributed by atoms with E-state index in [0.717, 1.165) is 24.2 Å². The molecule has 0 atom stereocenters. The topological polar surface area (TPSA) is 46.0 Å². The predicted molar refractivity (Wildman–Crippen MR) is 44.8 cm³/mol. The average Bonchev–Trinajstić information content (AvgIpc) is 2.86. The normalized spacial score (nSPS) is 19.2. The van der Waals surface area contributed by atoms with E-state index in [-0.39, 0.29) is 12.0 Å². The lowest BCUT2D eigenvalue weighted by molar-refractivity contribution is 0.249. The van der Waals surface area contributed by atoms with Crippen molar-refractivity contribution in [2.24, 2.45) is 0 Å². The minimum atomic E-state index is -0.0896. The Kier molecular flexibility index (Phi) is 1.61. The summed E-state index contributed by atoms with van der Waals surface area (Å²) in [6.45, 7) is 2.14. The molecule has 1 saturated carbocycles. The third-order valence-electron chi connectivity index (χ3n) is 2.41. The van der Waals surface area contributed by atoms with E-state index in [1.54, 1.807) is 12.4 Å². The standard InChI is InChI=1S/C9H12N2O/c1-7-4-10-8(11-5-7)9(6-12)2-3-9/h4-5,12H,2-3,6H2,1H3. The van der Waals surface area contributed by atoms with Gasteiger partial charge in [-0.25, -0.2) is 9.97 Å². The fourth-order valence-corrected chi connectivity index (χ4v) is 1.27. The van der Waals surface area contributed by atoms with Crippen molar-refractivity contribution < 1.29 is 5.11 Å². The molecule has 3 nitrogen and oxygen atoms in total. The van der Waals surface area contributed by atoms with Gasteiger partial charge in [0.15, 0.2) is 0 Å². The molecule has 0 saturated heterocycles. The monoisotopic (exact) mass is 164 g/mol. The minimum Gasteiger partial charge on any atom is -0.395 e. The minimum absolute atomic E-state index is 0.0896. The summed E-state index contributed by atoms with van der Waals surface area (Å²) in [6.07, 6.45) is 5.65. The Labute approximate surface area is 71.5 Å². The summed E-state index contributed by atoms with van der Waals surface area (Å²) in [5, 5.41) is 9.10. The fourth-order valence-electron chi connectivity index (χ4n) is 1.27. The molecule has 1 heterocycles. The van der Waals surface area contributed by atoms with Crippen LogP contribution in [0.4, 0.5) is 0 Å². The second-order valence-electron chi connectivity index (χ2n) is 3.52. The van der Waals surface area contributed by atoms with Crippen LogP contribution in [0.25, 0.3) is 0 Å². The maximum Gasteiger partial charge on any atom is 0.136 e. The average molecular weight is 164 g/mol. The number of hydrogen-bond donors (Lipinski definition) is 1. The van der Waals surface area contributed by atoms with Gasteiger partial charge in [-0.15, -0.1) is 0 Å². The van der Waals surface area contributed by atoms with Crippen LogP contribution in [0.1, 0.15) is 24.2 Å². The van der Waals surface area contributed by atoms with Gasteiger partial charge in [-0.1, -0.05) is 0 Å². The van der Waals surface area contributed by atoms with Gasteiger partial charge in [0.1, 0.15) is 5.82 Å². The molecule has 1 fully saturated rings. The van der Waals surface area contributed by atoms with Gasteiger partial charge in [-0.3, -0.25) is 0 Å². The van der Waals surface area contributed by atoms with Crippen molar-refractivity contribution in [2.45, 2.75) is 25.2 Å². The van der Waals surface area contributed by atoms with Crippen LogP contribution in [0.2, 0.25) is 0 Å². The Morgan fingerprint density at radius 3 is 2.42 bits per heavy atom. The van der Waals surface area contributed by atoms with Gasteiger partial charge in [-0.2, -0.15) is 0 Å². The number of aliphatic hydroxyl groups excluding tert-OH is 1. The molecule has 2 rings (SSSR count). The first-order chi connectivity index (χ1) is 5.77. The zero-order valence-corrected chi connectivity index (χ0v) is 7.12. The number of hydrogen-bond acceptors (Lipinski definition) is 3. The first-order valence-electron chi connectivity index (χ1n) is 4.17. The van der Waals surface area contributed by atoms with E-state index in [0.29, 0.717) is 0 Å². The maximum atomic E-state index is 9.10. The van der Waals surface area contributed by atoms with Crippen LogP contribution in [0.15, 0.2) is 12.4 Å². The molecule has 0 unspecified atom stereocenters. The number of nitrogens with zero attached hydrogens (tertiary/aromatic N) is 2. The Balaban J connectivity index is 2.29. The molecule has 0 spiro atoms. The van der Waals surface area contributed by atoms with Gasteiger partial charge in [-0.05, 0) is 25.3 Å². The van der Waals surface area contributed by atoms with Gasteiger partial charge in [0.25, 0.3) is 0 Å². The third kappa shape index (κ3) is 1.10. The number of aliphatic hydroxyl groups is 1. The molecule has 0 bridgehead atoms. The van der Waals surface area contributed by atoms with Crippen LogP contribution in [0, 0.1) is 6.92 Å². The highest BCUT2D eigenvalue weighted by molar-refractivity contribution is 5.18. The van der Waals surface area contributed by atoms with Crippen LogP contribution in [0.5, 0.6) is 0 Å². The van der Waals surface area contributed by atoms with Crippen molar-refractivity contribution in [3.63, 3.8) is 0 Å². The Bertz CT molecular complexity index is 277. The van der Waals surface area contributed by atoms with E-state index in [2.05, 4.69) is 9.97 Å². The van der Waals surface area contributed by atoms with Crippen molar-refractivity contribution in [3.05, 3.63) is 23.8 Å². The fraction of sp³-hybridized carbons (Fsp3) is 0.556. The summed E-state index contributed by atoms with van der Waals surface area (Å²) in [6, 6.07) is 0. The third-order valence-corrected chi connectivity index (χ3v) is 2.41. The van der Waals surface area contributed by atoms with E-state index in [1.165, 1.54) is 0 Å². The Hall–Kier alpha value is -0.960. The van der Waals surface area contributed by atoms with E-state index in [9.17, 15) is 0 Å². The van der Waals surface area contributed by atoms with Crippen molar-refractivity contribution in [1.29, 1.82) is 0 Å². The first kappa shape index (κ1) is 7.68. The highest BCUT2D eigenvalue weighted by Gasteiger charge is 2.46. The summed E-state index contributed by atoms with van der Waals surface area (Å²) in [5.74, 6) is 0.801.